The monoisotopic (exact) mass is 345 g/mol. The van der Waals surface area contributed by atoms with E-state index >= 15 is 0 Å². The number of aromatic nitrogens is 2. The molecule has 1 N–H and O–H groups in total. The van der Waals surface area contributed by atoms with E-state index in [0.717, 1.165) is 29.0 Å². The summed E-state index contributed by atoms with van der Waals surface area (Å²) in [5.41, 5.74) is 4.22. The maximum absolute atomic E-state index is 5.47. The number of fused-ring (bicyclic) bond motifs is 1. The van der Waals surface area contributed by atoms with Crippen molar-refractivity contribution in [3.8, 4) is 5.75 Å². The SMILES string of the molecule is C=CCOc1ccc(CNc2cccc3n[se]nc23)cc1. The van der Waals surface area contributed by atoms with Gasteiger partial charge in [-0.05, 0) is 0 Å². The summed E-state index contributed by atoms with van der Waals surface area (Å²) in [7, 11) is 0. The molecular formula is C16H15N3OSe. The van der Waals surface area contributed by atoms with Gasteiger partial charge in [0.25, 0.3) is 0 Å². The number of ether oxygens (including phenoxy) is 1. The molecule has 0 saturated carbocycles. The molecule has 0 aliphatic carbocycles. The van der Waals surface area contributed by atoms with Gasteiger partial charge in [-0.1, -0.05) is 6.58 Å². The van der Waals surface area contributed by atoms with E-state index in [2.05, 4.69) is 32.0 Å². The molecular weight excluding hydrogens is 329 g/mol. The van der Waals surface area contributed by atoms with Gasteiger partial charge in [-0.25, -0.2) is 0 Å². The van der Waals surface area contributed by atoms with Crippen molar-refractivity contribution in [2.45, 2.75) is 6.54 Å². The Balaban J connectivity index is 1.67. The molecule has 0 saturated heterocycles. The maximum atomic E-state index is 5.47. The van der Waals surface area contributed by atoms with Crippen molar-refractivity contribution in [2.24, 2.45) is 0 Å². The predicted octanol–water partition coefficient (Wildman–Crippen LogP) is 2.86. The third-order valence-electron chi connectivity index (χ3n) is 3.06. The summed E-state index contributed by atoms with van der Waals surface area (Å²) < 4.78 is 14.3. The number of hydrogen-bond donors (Lipinski definition) is 1. The summed E-state index contributed by atoms with van der Waals surface area (Å²) in [4.78, 5) is 0. The van der Waals surface area contributed by atoms with Crippen LogP contribution in [0.25, 0.3) is 11.0 Å². The molecule has 3 aromatic rings. The topological polar surface area (TPSA) is 47.0 Å². The summed E-state index contributed by atoms with van der Waals surface area (Å²) in [5.74, 6) is 0.857. The van der Waals surface area contributed by atoms with Gasteiger partial charge in [-0.15, -0.1) is 0 Å². The minimum absolute atomic E-state index is 0.00422. The first kappa shape index (κ1) is 13.9. The first-order chi connectivity index (χ1) is 10.4. The van der Waals surface area contributed by atoms with Gasteiger partial charge in [0.1, 0.15) is 0 Å². The number of rotatable bonds is 6. The van der Waals surface area contributed by atoms with E-state index in [9.17, 15) is 0 Å². The number of benzene rings is 2. The molecule has 21 heavy (non-hydrogen) atoms. The van der Waals surface area contributed by atoms with Crippen LogP contribution in [0.1, 0.15) is 5.56 Å². The van der Waals surface area contributed by atoms with E-state index in [0.29, 0.717) is 6.61 Å². The molecule has 1 aromatic heterocycles. The van der Waals surface area contributed by atoms with Gasteiger partial charge in [0.15, 0.2) is 0 Å². The minimum atomic E-state index is 0.00422. The van der Waals surface area contributed by atoms with Crippen molar-refractivity contribution in [3.63, 3.8) is 0 Å². The number of hydrogen-bond acceptors (Lipinski definition) is 4. The second-order valence-corrected chi connectivity index (χ2v) is 5.64. The van der Waals surface area contributed by atoms with Crippen molar-refractivity contribution in [2.75, 3.05) is 11.9 Å². The van der Waals surface area contributed by atoms with E-state index in [-0.39, 0.29) is 15.0 Å². The molecule has 0 aliphatic heterocycles. The van der Waals surface area contributed by atoms with Gasteiger partial charge in [0.2, 0.25) is 0 Å². The van der Waals surface area contributed by atoms with E-state index in [4.69, 9.17) is 4.74 Å². The Morgan fingerprint density at radius 2 is 2.00 bits per heavy atom. The van der Waals surface area contributed by atoms with Crippen LogP contribution in [0.5, 0.6) is 5.75 Å². The molecule has 0 fully saturated rings. The third-order valence-corrected chi connectivity index (χ3v) is 4.20. The van der Waals surface area contributed by atoms with E-state index in [1.165, 1.54) is 5.56 Å². The molecule has 2 aromatic carbocycles. The second-order valence-electron chi connectivity index (χ2n) is 4.53. The summed E-state index contributed by atoms with van der Waals surface area (Å²) >= 11 is 0.00422. The van der Waals surface area contributed by atoms with E-state index < -0.39 is 0 Å². The number of nitrogens with one attached hydrogen (secondary N) is 1. The third kappa shape index (κ3) is 3.32. The zero-order valence-corrected chi connectivity index (χ0v) is 13.2. The molecule has 3 rings (SSSR count). The van der Waals surface area contributed by atoms with Crippen LogP contribution in [0, 0.1) is 0 Å². The molecule has 0 atom stereocenters. The summed E-state index contributed by atoms with van der Waals surface area (Å²) in [6.45, 7) is 4.91. The Morgan fingerprint density at radius 1 is 1.14 bits per heavy atom. The van der Waals surface area contributed by atoms with Gasteiger partial charge in [-0.3, -0.25) is 0 Å². The Morgan fingerprint density at radius 3 is 2.81 bits per heavy atom. The number of nitrogens with zero attached hydrogens (tertiary/aromatic N) is 2. The van der Waals surface area contributed by atoms with Crippen molar-refractivity contribution < 1.29 is 4.74 Å². The fraction of sp³-hybridized carbons (Fsp3) is 0.125. The van der Waals surface area contributed by atoms with Crippen LogP contribution in [0.15, 0.2) is 55.1 Å². The van der Waals surface area contributed by atoms with Crippen molar-refractivity contribution in [1.29, 1.82) is 0 Å². The van der Waals surface area contributed by atoms with Gasteiger partial charge in [0.05, 0.1) is 0 Å². The van der Waals surface area contributed by atoms with Gasteiger partial charge in [0, 0.05) is 0 Å². The number of anilines is 1. The van der Waals surface area contributed by atoms with Gasteiger partial charge >= 0.3 is 123 Å². The van der Waals surface area contributed by atoms with Crippen molar-refractivity contribution in [1.82, 2.24) is 7.96 Å². The Kier molecular flexibility index (Phi) is 4.34. The zero-order chi connectivity index (χ0) is 14.5. The normalized spacial score (nSPS) is 10.5. The van der Waals surface area contributed by atoms with Gasteiger partial charge in [-0.2, -0.15) is 0 Å². The molecule has 1 heterocycles. The summed E-state index contributed by atoms with van der Waals surface area (Å²) in [5, 5.41) is 3.42. The van der Waals surface area contributed by atoms with E-state index in [1.54, 1.807) is 6.08 Å². The van der Waals surface area contributed by atoms with E-state index in [1.807, 2.05) is 30.3 Å². The molecule has 106 valence electrons. The molecule has 0 amide bonds. The molecule has 0 spiro atoms. The fourth-order valence-electron chi connectivity index (χ4n) is 2.00. The van der Waals surface area contributed by atoms with Crippen LogP contribution < -0.4 is 10.1 Å². The van der Waals surface area contributed by atoms with Crippen LogP contribution in [-0.4, -0.2) is 29.5 Å². The molecule has 4 nitrogen and oxygen atoms in total. The van der Waals surface area contributed by atoms with Crippen LogP contribution >= 0.6 is 0 Å². The molecule has 0 unspecified atom stereocenters. The fourth-order valence-corrected chi connectivity index (χ4v) is 3.16. The second kappa shape index (κ2) is 6.57. The van der Waals surface area contributed by atoms with Gasteiger partial charge < -0.3 is 0 Å². The van der Waals surface area contributed by atoms with Crippen LogP contribution in [0.3, 0.4) is 0 Å². The average Bonchev–Trinajstić information content (AvgIpc) is 3.01. The first-order valence-electron chi connectivity index (χ1n) is 6.64. The quantitative estimate of drug-likeness (QED) is 0.552. The Labute approximate surface area is 129 Å². The van der Waals surface area contributed by atoms with Crippen LogP contribution in [0.4, 0.5) is 5.69 Å². The average molecular weight is 344 g/mol. The predicted molar refractivity (Wildman–Crippen MR) is 85.9 cm³/mol. The Bertz CT molecular complexity index is 737. The van der Waals surface area contributed by atoms with Crippen LogP contribution in [-0.2, 0) is 6.54 Å². The summed E-state index contributed by atoms with van der Waals surface area (Å²) in [6, 6.07) is 14.1. The van der Waals surface area contributed by atoms with Crippen molar-refractivity contribution in [3.05, 3.63) is 60.7 Å². The zero-order valence-electron chi connectivity index (χ0n) is 11.5. The molecule has 5 heteroatoms. The standard InChI is InChI=1S/C16H15N3OSe/c1-2-10-20-13-8-6-12(7-9-13)11-17-14-4-3-5-15-16(14)19-21-18-15/h2-9,17H,1,10-11H2. The molecule has 0 aliphatic rings. The molecule has 0 bridgehead atoms. The summed E-state index contributed by atoms with van der Waals surface area (Å²) in [6.07, 6.45) is 1.74. The first-order valence-corrected chi connectivity index (χ1v) is 8.18. The van der Waals surface area contributed by atoms with Crippen LogP contribution in [0.2, 0.25) is 0 Å². The Hall–Kier alpha value is -2.10. The van der Waals surface area contributed by atoms with Crippen molar-refractivity contribution >= 4 is 31.7 Å². The molecule has 0 radical (unpaired) electrons.